The maximum atomic E-state index is 13.1. The summed E-state index contributed by atoms with van der Waals surface area (Å²) in [5.41, 5.74) is -0.267. The van der Waals surface area contributed by atoms with Crippen LogP contribution >= 0.6 is 15.9 Å². The van der Waals surface area contributed by atoms with E-state index in [0.717, 1.165) is 0 Å². The molecule has 5 heteroatoms. The summed E-state index contributed by atoms with van der Waals surface area (Å²) in [5, 5.41) is 2.25. The summed E-state index contributed by atoms with van der Waals surface area (Å²) in [6.07, 6.45) is 0.101. The van der Waals surface area contributed by atoms with Crippen molar-refractivity contribution in [3.63, 3.8) is 0 Å². The zero-order valence-corrected chi connectivity index (χ0v) is 10.1. The molecule has 0 aliphatic carbocycles. The Kier molecular flexibility index (Phi) is 2.58. The molecule has 2 rings (SSSR count). The van der Waals surface area contributed by atoms with E-state index in [2.05, 4.69) is 21.2 Å². The summed E-state index contributed by atoms with van der Waals surface area (Å²) in [6, 6.07) is 4.34. The molecule has 1 saturated heterocycles. The molecular weight excluding hydrogens is 277 g/mol. The van der Waals surface area contributed by atoms with Crippen molar-refractivity contribution >= 4 is 27.7 Å². The van der Waals surface area contributed by atoms with Crippen LogP contribution in [0.15, 0.2) is 22.7 Å². The lowest BCUT2D eigenvalue weighted by atomic mass is 9.81. The second-order valence-electron chi connectivity index (χ2n) is 4.02. The molecule has 1 N–H and O–H groups in total. The minimum Gasteiger partial charge on any atom is -0.296 e. The SMILES string of the molecule is CC1(c2ccc(F)c(Br)c2)CC(=O)NC1=O. The summed E-state index contributed by atoms with van der Waals surface area (Å²) in [5.74, 6) is -1.03. The van der Waals surface area contributed by atoms with E-state index in [4.69, 9.17) is 0 Å². The third-order valence-corrected chi connectivity index (χ3v) is 3.43. The lowest BCUT2D eigenvalue weighted by Crippen LogP contribution is -2.32. The molecule has 84 valence electrons. The zero-order chi connectivity index (χ0) is 11.9. The van der Waals surface area contributed by atoms with E-state index < -0.39 is 11.2 Å². The first-order valence-corrected chi connectivity index (χ1v) is 5.52. The highest BCUT2D eigenvalue weighted by Gasteiger charge is 2.44. The lowest BCUT2D eigenvalue weighted by Gasteiger charge is -2.20. The largest absolute Gasteiger partial charge is 0.296 e. The molecule has 1 fully saturated rings. The molecule has 1 aliphatic heterocycles. The van der Waals surface area contributed by atoms with Gasteiger partial charge in [0.2, 0.25) is 11.8 Å². The quantitative estimate of drug-likeness (QED) is 0.801. The van der Waals surface area contributed by atoms with Gasteiger partial charge in [-0.1, -0.05) is 6.07 Å². The topological polar surface area (TPSA) is 46.2 Å². The van der Waals surface area contributed by atoms with Gasteiger partial charge in [0.15, 0.2) is 0 Å². The van der Waals surface area contributed by atoms with Crippen LogP contribution in [0.3, 0.4) is 0 Å². The Morgan fingerprint density at radius 2 is 2.12 bits per heavy atom. The van der Waals surface area contributed by atoms with E-state index in [-0.39, 0.29) is 18.2 Å². The molecule has 1 aromatic rings. The Morgan fingerprint density at radius 3 is 2.62 bits per heavy atom. The van der Waals surface area contributed by atoms with Gasteiger partial charge in [-0.2, -0.15) is 0 Å². The van der Waals surface area contributed by atoms with E-state index in [0.29, 0.717) is 10.0 Å². The summed E-state index contributed by atoms with van der Waals surface area (Å²) < 4.78 is 13.4. The van der Waals surface area contributed by atoms with Crippen LogP contribution in [0, 0.1) is 5.82 Å². The number of hydrogen-bond acceptors (Lipinski definition) is 2. The van der Waals surface area contributed by atoms with Crippen molar-refractivity contribution in [1.82, 2.24) is 5.32 Å². The fourth-order valence-corrected chi connectivity index (χ4v) is 2.16. The summed E-state index contributed by atoms with van der Waals surface area (Å²) in [4.78, 5) is 22.8. The van der Waals surface area contributed by atoms with Crippen LogP contribution in [0.4, 0.5) is 4.39 Å². The van der Waals surface area contributed by atoms with E-state index in [9.17, 15) is 14.0 Å². The van der Waals surface area contributed by atoms with Crippen molar-refractivity contribution in [3.05, 3.63) is 34.1 Å². The van der Waals surface area contributed by atoms with Crippen molar-refractivity contribution in [2.75, 3.05) is 0 Å². The van der Waals surface area contributed by atoms with Crippen molar-refractivity contribution in [3.8, 4) is 0 Å². The summed E-state index contributed by atoms with van der Waals surface area (Å²) in [6.45, 7) is 1.67. The first-order chi connectivity index (χ1) is 7.43. The lowest BCUT2D eigenvalue weighted by molar-refractivity contribution is -0.126. The minimum atomic E-state index is -0.896. The highest BCUT2D eigenvalue weighted by molar-refractivity contribution is 9.10. The Balaban J connectivity index is 2.47. The molecule has 16 heavy (non-hydrogen) atoms. The number of imide groups is 1. The molecule has 0 spiro atoms. The van der Waals surface area contributed by atoms with Gasteiger partial charge >= 0.3 is 0 Å². The van der Waals surface area contributed by atoms with Gasteiger partial charge in [-0.15, -0.1) is 0 Å². The number of benzene rings is 1. The van der Waals surface area contributed by atoms with Crippen molar-refractivity contribution in [1.29, 1.82) is 0 Å². The van der Waals surface area contributed by atoms with E-state index in [1.807, 2.05) is 0 Å². The van der Waals surface area contributed by atoms with E-state index >= 15 is 0 Å². The molecule has 0 bridgehead atoms. The van der Waals surface area contributed by atoms with Gasteiger partial charge in [0.05, 0.1) is 9.89 Å². The zero-order valence-electron chi connectivity index (χ0n) is 8.51. The average Bonchev–Trinajstić information content (AvgIpc) is 2.46. The molecular formula is C11H9BrFNO2. The number of rotatable bonds is 1. The van der Waals surface area contributed by atoms with Crippen LogP contribution in [0.5, 0.6) is 0 Å². The minimum absolute atomic E-state index is 0.101. The Bertz CT molecular complexity index is 489. The molecule has 0 saturated carbocycles. The second-order valence-corrected chi connectivity index (χ2v) is 4.87. The predicted octanol–water partition coefficient (Wildman–Crippen LogP) is 1.89. The third-order valence-electron chi connectivity index (χ3n) is 2.82. The van der Waals surface area contributed by atoms with Crippen LogP contribution in [0.1, 0.15) is 18.9 Å². The number of hydrogen-bond donors (Lipinski definition) is 1. The van der Waals surface area contributed by atoms with Gasteiger partial charge in [0.25, 0.3) is 0 Å². The first kappa shape index (κ1) is 11.3. The van der Waals surface area contributed by atoms with Gasteiger partial charge in [-0.05, 0) is 40.5 Å². The monoisotopic (exact) mass is 285 g/mol. The van der Waals surface area contributed by atoms with Gasteiger partial charge < -0.3 is 0 Å². The second kappa shape index (κ2) is 3.66. The summed E-state index contributed by atoms with van der Waals surface area (Å²) in [7, 11) is 0. The van der Waals surface area contributed by atoms with Gasteiger partial charge in [0.1, 0.15) is 5.82 Å². The Hall–Kier alpha value is -1.23. The molecule has 1 atom stereocenters. The van der Waals surface area contributed by atoms with Crippen LogP contribution in [-0.4, -0.2) is 11.8 Å². The van der Waals surface area contributed by atoms with Crippen LogP contribution < -0.4 is 5.32 Å². The van der Waals surface area contributed by atoms with Crippen LogP contribution in [0.25, 0.3) is 0 Å². The number of halogens is 2. The molecule has 1 heterocycles. The molecule has 1 unspecified atom stereocenters. The van der Waals surface area contributed by atoms with Crippen molar-refractivity contribution < 1.29 is 14.0 Å². The molecule has 0 radical (unpaired) electrons. The number of carbonyl (C=O) groups is 2. The van der Waals surface area contributed by atoms with Crippen molar-refractivity contribution in [2.24, 2.45) is 0 Å². The highest BCUT2D eigenvalue weighted by atomic mass is 79.9. The van der Waals surface area contributed by atoms with E-state index in [1.54, 1.807) is 6.92 Å². The standard InChI is InChI=1S/C11H9BrFNO2/c1-11(5-9(15)14-10(11)16)6-2-3-8(13)7(12)4-6/h2-4H,5H2,1H3,(H,14,15,16). The average molecular weight is 286 g/mol. The molecule has 1 aromatic carbocycles. The van der Waals surface area contributed by atoms with E-state index in [1.165, 1.54) is 18.2 Å². The Labute approximate surface area is 100 Å². The first-order valence-electron chi connectivity index (χ1n) is 4.73. The highest BCUT2D eigenvalue weighted by Crippen LogP contribution is 2.33. The van der Waals surface area contributed by atoms with Gasteiger partial charge in [0, 0.05) is 6.42 Å². The molecule has 3 nitrogen and oxygen atoms in total. The smallest absolute Gasteiger partial charge is 0.237 e. The van der Waals surface area contributed by atoms with Crippen LogP contribution in [0.2, 0.25) is 0 Å². The van der Waals surface area contributed by atoms with Crippen LogP contribution in [-0.2, 0) is 15.0 Å². The fraction of sp³-hybridized carbons (Fsp3) is 0.273. The van der Waals surface area contributed by atoms with Gasteiger partial charge in [-0.3, -0.25) is 14.9 Å². The maximum Gasteiger partial charge on any atom is 0.237 e. The fourth-order valence-electron chi connectivity index (χ4n) is 1.78. The number of carbonyl (C=O) groups excluding carboxylic acids is 2. The number of amides is 2. The Morgan fingerprint density at radius 1 is 1.44 bits per heavy atom. The molecule has 1 aliphatic rings. The number of nitrogens with one attached hydrogen (secondary N) is 1. The molecule has 2 amide bonds. The van der Waals surface area contributed by atoms with Crippen molar-refractivity contribution in [2.45, 2.75) is 18.8 Å². The normalized spacial score (nSPS) is 24.7. The summed E-state index contributed by atoms with van der Waals surface area (Å²) >= 11 is 3.06. The predicted molar refractivity (Wildman–Crippen MR) is 59.2 cm³/mol. The molecule has 0 aromatic heterocycles. The van der Waals surface area contributed by atoms with Gasteiger partial charge in [-0.25, -0.2) is 4.39 Å². The maximum absolute atomic E-state index is 13.1. The third kappa shape index (κ3) is 1.65.